The van der Waals surface area contributed by atoms with Crippen molar-refractivity contribution in [2.45, 2.75) is 13.0 Å². The van der Waals surface area contributed by atoms with Crippen LogP contribution in [0.5, 0.6) is 0 Å². The molecule has 1 atom stereocenters. The molecule has 3 aromatic rings. The Morgan fingerprint density at radius 2 is 1.08 bits per heavy atom. The third kappa shape index (κ3) is 3.08. The van der Waals surface area contributed by atoms with E-state index in [0.29, 0.717) is 0 Å². The third-order valence-electron chi connectivity index (χ3n) is 4.50. The molecule has 0 amide bonds. The van der Waals surface area contributed by atoms with Gasteiger partial charge in [0, 0.05) is 16.7 Å². The van der Waals surface area contributed by atoms with E-state index >= 15 is 0 Å². The molecule has 0 bridgehead atoms. The Balaban J connectivity index is 2.11. The molecule has 3 aromatic carbocycles. The summed E-state index contributed by atoms with van der Waals surface area (Å²) in [5.74, 6) is 0. The van der Waals surface area contributed by atoms with Gasteiger partial charge in [0.25, 0.3) is 0 Å². The molecule has 0 heterocycles. The van der Waals surface area contributed by atoms with E-state index in [1.54, 1.807) is 0 Å². The van der Waals surface area contributed by atoms with E-state index < -0.39 is 7.29 Å². The second kappa shape index (κ2) is 7.17. The van der Waals surface area contributed by atoms with Gasteiger partial charge >= 0.3 is 0 Å². The van der Waals surface area contributed by atoms with E-state index in [2.05, 4.69) is 19.1 Å². The van der Waals surface area contributed by atoms with Gasteiger partial charge in [-0.2, -0.15) is 0 Å². The normalized spacial score (nSPS) is 13.0. The molecular weight excluding hydrogens is 313 g/mol. The molecular formula is C21H22NOP. The molecule has 0 N–H and O–H groups in total. The van der Waals surface area contributed by atoms with Gasteiger partial charge in [-0.25, -0.2) is 4.67 Å². The second-order valence-electron chi connectivity index (χ2n) is 5.91. The van der Waals surface area contributed by atoms with Crippen molar-refractivity contribution >= 4 is 17.9 Å². The van der Waals surface area contributed by atoms with Gasteiger partial charge in [0.05, 0.1) is 0 Å². The van der Waals surface area contributed by atoms with Gasteiger partial charge < -0.3 is 0 Å². The van der Waals surface area contributed by atoms with E-state index in [1.807, 2.05) is 90.6 Å². The Morgan fingerprint density at radius 1 is 0.708 bits per heavy atom. The average molecular weight is 335 g/mol. The van der Waals surface area contributed by atoms with E-state index in [-0.39, 0.29) is 6.04 Å². The van der Waals surface area contributed by atoms with Gasteiger partial charge in [0.1, 0.15) is 0 Å². The third-order valence-corrected chi connectivity index (χ3v) is 7.73. The Kier molecular flexibility index (Phi) is 4.99. The lowest BCUT2D eigenvalue weighted by Gasteiger charge is -2.34. The molecule has 1 unspecified atom stereocenters. The van der Waals surface area contributed by atoms with Crippen molar-refractivity contribution in [2.24, 2.45) is 0 Å². The summed E-state index contributed by atoms with van der Waals surface area (Å²) in [6.07, 6.45) is 0. The molecule has 0 aliphatic carbocycles. The topological polar surface area (TPSA) is 20.3 Å². The monoisotopic (exact) mass is 335 g/mol. The van der Waals surface area contributed by atoms with Gasteiger partial charge in [-0.15, -0.1) is 0 Å². The minimum atomic E-state index is -2.90. The zero-order valence-corrected chi connectivity index (χ0v) is 14.9. The largest absolute Gasteiger partial charge is 0.296 e. The second-order valence-corrected chi connectivity index (χ2v) is 8.72. The summed E-state index contributed by atoms with van der Waals surface area (Å²) in [5, 5.41) is 1.72. The van der Waals surface area contributed by atoms with E-state index in [1.165, 1.54) is 0 Å². The van der Waals surface area contributed by atoms with Gasteiger partial charge in [-0.3, -0.25) is 4.57 Å². The quantitative estimate of drug-likeness (QED) is 0.635. The molecule has 0 fully saturated rings. The average Bonchev–Trinajstić information content (AvgIpc) is 2.68. The summed E-state index contributed by atoms with van der Waals surface area (Å²) < 4.78 is 16.3. The Hall–Kier alpha value is -2.15. The fourth-order valence-corrected chi connectivity index (χ4v) is 5.77. The van der Waals surface area contributed by atoms with Crippen LogP contribution in [0.25, 0.3) is 0 Å². The predicted octanol–water partition coefficient (Wildman–Crippen LogP) is 4.61. The molecule has 0 saturated carbocycles. The molecule has 0 aliphatic rings. The van der Waals surface area contributed by atoms with Crippen molar-refractivity contribution in [2.75, 3.05) is 7.05 Å². The first kappa shape index (κ1) is 16.7. The maximum atomic E-state index is 14.3. The molecule has 0 aromatic heterocycles. The molecule has 2 nitrogen and oxygen atoms in total. The minimum absolute atomic E-state index is 0.0393. The van der Waals surface area contributed by atoms with Gasteiger partial charge in [0.15, 0.2) is 0 Å². The van der Waals surface area contributed by atoms with Crippen molar-refractivity contribution in [3.05, 3.63) is 96.6 Å². The molecule has 0 saturated heterocycles. The zero-order valence-electron chi connectivity index (χ0n) is 14.0. The van der Waals surface area contributed by atoms with Crippen LogP contribution in [0.15, 0.2) is 91.0 Å². The summed E-state index contributed by atoms with van der Waals surface area (Å²) in [7, 11) is -0.947. The molecule has 3 rings (SSSR count). The highest BCUT2D eigenvalue weighted by Crippen LogP contribution is 2.50. The van der Waals surface area contributed by atoms with Crippen molar-refractivity contribution in [3.8, 4) is 0 Å². The van der Waals surface area contributed by atoms with E-state index in [4.69, 9.17) is 0 Å². The highest BCUT2D eigenvalue weighted by Gasteiger charge is 2.35. The van der Waals surface area contributed by atoms with Gasteiger partial charge in [0.2, 0.25) is 7.29 Å². The van der Waals surface area contributed by atoms with Crippen LogP contribution in [0, 0.1) is 0 Å². The number of rotatable bonds is 5. The van der Waals surface area contributed by atoms with Crippen LogP contribution in [0.3, 0.4) is 0 Å². The standard InChI is InChI=1S/C21H22NOP/c1-18(19-12-6-3-7-13-19)22(2)24(23,20-14-8-4-9-15-20)21-16-10-5-11-17-21/h3-18H,1-2H3. The Morgan fingerprint density at radius 3 is 1.50 bits per heavy atom. The maximum absolute atomic E-state index is 14.3. The first-order chi connectivity index (χ1) is 11.6. The molecule has 0 radical (unpaired) electrons. The fraction of sp³-hybridized carbons (Fsp3) is 0.143. The summed E-state index contributed by atoms with van der Waals surface area (Å²) in [6.45, 7) is 2.11. The van der Waals surface area contributed by atoms with Crippen LogP contribution in [0.2, 0.25) is 0 Å². The highest BCUT2D eigenvalue weighted by atomic mass is 31.2. The molecule has 0 aliphatic heterocycles. The summed E-state index contributed by atoms with van der Waals surface area (Å²) in [4.78, 5) is 0. The van der Waals surface area contributed by atoms with Crippen molar-refractivity contribution < 1.29 is 4.57 Å². The van der Waals surface area contributed by atoms with Crippen molar-refractivity contribution in [1.82, 2.24) is 4.67 Å². The Bertz CT molecular complexity index is 775. The lowest BCUT2D eigenvalue weighted by molar-refractivity contribution is 0.408. The molecule has 24 heavy (non-hydrogen) atoms. The first-order valence-electron chi connectivity index (χ1n) is 8.13. The zero-order chi connectivity index (χ0) is 17.0. The van der Waals surface area contributed by atoms with Crippen LogP contribution in [-0.4, -0.2) is 11.7 Å². The smallest absolute Gasteiger partial charge is 0.207 e. The van der Waals surface area contributed by atoms with Crippen LogP contribution in [0.4, 0.5) is 0 Å². The number of benzene rings is 3. The summed E-state index contributed by atoms with van der Waals surface area (Å²) >= 11 is 0. The molecule has 122 valence electrons. The fourth-order valence-electron chi connectivity index (χ4n) is 2.96. The first-order valence-corrected chi connectivity index (χ1v) is 9.79. The van der Waals surface area contributed by atoms with Crippen LogP contribution >= 0.6 is 7.29 Å². The molecule has 0 spiro atoms. The summed E-state index contributed by atoms with van der Waals surface area (Å²) in [6, 6.07) is 29.8. The predicted molar refractivity (Wildman–Crippen MR) is 102 cm³/mol. The summed E-state index contributed by atoms with van der Waals surface area (Å²) in [5.41, 5.74) is 1.16. The van der Waals surface area contributed by atoms with Crippen LogP contribution in [-0.2, 0) is 4.57 Å². The van der Waals surface area contributed by atoms with Crippen molar-refractivity contribution in [3.63, 3.8) is 0 Å². The SMILES string of the molecule is CC(c1ccccc1)N(C)P(=O)(c1ccccc1)c1ccccc1. The van der Waals surface area contributed by atoms with E-state index in [0.717, 1.165) is 16.2 Å². The number of hydrogen-bond donors (Lipinski definition) is 0. The molecule has 3 heteroatoms. The lowest BCUT2D eigenvalue weighted by atomic mass is 10.1. The number of nitrogens with zero attached hydrogens (tertiary/aromatic N) is 1. The van der Waals surface area contributed by atoms with E-state index in [9.17, 15) is 4.57 Å². The number of hydrogen-bond acceptors (Lipinski definition) is 1. The minimum Gasteiger partial charge on any atom is -0.296 e. The lowest BCUT2D eigenvalue weighted by Crippen LogP contribution is -2.31. The Labute approximate surface area is 144 Å². The van der Waals surface area contributed by atoms with Gasteiger partial charge in [-0.05, 0) is 43.8 Å². The van der Waals surface area contributed by atoms with Crippen LogP contribution in [0.1, 0.15) is 18.5 Å². The highest BCUT2D eigenvalue weighted by molar-refractivity contribution is 7.76. The van der Waals surface area contributed by atoms with Gasteiger partial charge in [-0.1, -0.05) is 66.7 Å². The van der Waals surface area contributed by atoms with Crippen LogP contribution < -0.4 is 10.6 Å². The maximum Gasteiger partial charge on any atom is 0.207 e. The van der Waals surface area contributed by atoms with Crippen molar-refractivity contribution in [1.29, 1.82) is 0 Å².